The maximum atomic E-state index is 14.1. The quantitative estimate of drug-likeness (QED) is 0.393. The van der Waals surface area contributed by atoms with Gasteiger partial charge in [0.05, 0.1) is 34.9 Å². The van der Waals surface area contributed by atoms with Crippen LogP contribution in [-0.4, -0.2) is 45.7 Å². The van der Waals surface area contributed by atoms with Gasteiger partial charge in [0.1, 0.15) is 11.6 Å². The first-order valence-electron chi connectivity index (χ1n) is 10.1. The van der Waals surface area contributed by atoms with Crippen molar-refractivity contribution in [1.29, 1.82) is 0 Å². The number of ether oxygens (including phenoxy) is 1. The lowest BCUT2D eigenvalue weighted by Gasteiger charge is -2.14. The van der Waals surface area contributed by atoms with Gasteiger partial charge in [-0.25, -0.2) is 24.1 Å². The van der Waals surface area contributed by atoms with E-state index in [1.165, 1.54) is 19.2 Å². The van der Waals surface area contributed by atoms with Crippen LogP contribution in [0.2, 0.25) is 5.02 Å². The van der Waals surface area contributed by atoms with E-state index in [1.807, 2.05) is 6.92 Å². The van der Waals surface area contributed by atoms with E-state index in [0.29, 0.717) is 41.1 Å². The number of anilines is 2. The highest BCUT2D eigenvalue weighted by Crippen LogP contribution is 2.43. The molecule has 168 valence electrons. The molecule has 3 aromatic rings. The molecule has 2 aromatic heterocycles. The Labute approximate surface area is 189 Å². The minimum atomic E-state index is -0.519. The Morgan fingerprint density at radius 1 is 1.41 bits per heavy atom. The summed E-state index contributed by atoms with van der Waals surface area (Å²) < 4.78 is 18.7. The summed E-state index contributed by atoms with van der Waals surface area (Å²) in [6.45, 7) is 2.20. The lowest BCUT2D eigenvalue weighted by Crippen LogP contribution is -2.37. The number of methoxy groups -OCH3 is 1. The normalized spacial score (nSPS) is 14.1. The predicted molar refractivity (Wildman–Crippen MR) is 120 cm³/mol. The van der Waals surface area contributed by atoms with E-state index in [4.69, 9.17) is 22.3 Å². The zero-order chi connectivity index (χ0) is 22.8. The monoisotopic (exact) mass is 459 g/mol. The number of amides is 1. The van der Waals surface area contributed by atoms with Gasteiger partial charge >= 0.3 is 6.09 Å². The summed E-state index contributed by atoms with van der Waals surface area (Å²) >= 11 is 6.40. The van der Waals surface area contributed by atoms with E-state index in [-0.39, 0.29) is 16.8 Å². The Morgan fingerprint density at radius 3 is 2.91 bits per heavy atom. The van der Waals surface area contributed by atoms with Gasteiger partial charge < -0.3 is 26.1 Å². The van der Waals surface area contributed by atoms with Crippen LogP contribution >= 0.6 is 11.6 Å². The van der Waals surface area contributed by atoms with Crippen LogP contribution in [-0.2, 0) is 4.74 Å². The van der Waals surface area contributed by atoms with Crippen LogP contribution in [0.15, 0.2) is 24.4 Å². The Bertz CT molecular complexity index is 1150. The topological polar surface area (TPSA) is 131 Å². The second-order valence-corrected chi connectivity index (χ2v) is 8.04. The van der Waals surface area contributed by atoms with Crippen molar-refractivity contribution in [3.05, 3.63) is 41.1 Å². The number of rotatable bonds is 7. The molecule has 1 fully saturated rings. The molecule has 11 heteroatoms. The molecule has 0 radical (unpaired) electrons. The SMILES string of the molecule is COC(=O)N[C@@H](C)CNc1nccc(-c2[nH]c(C3CC3)nc2-c2cc(F)cc(N)c2Cl)n1. The van der Waals surface area contributed by atoms with Crippen molar-refractivity contribution in [2.75, 3.05) is 24.7 Å². The zero-order valence-corrected chi connectivity index (χ0v) is 18.3. The fourth-order valence-corrected chi connectivity index (χ4v) is 3.44. The number of nitrogen functional groups attached to an aromatic ring is 1. The Balaban J connectivity index is 1.65. The first kappa shape index (κ1) is 21.8. The molecular formula is C21H23ClFN7O2. The lowest BCUT2D eigenvalue weighted by atomic mass is 10.1. The maximum Gasteiger partial charge on any atom is 0.407 e. The number of nitrogens with one attached hydrogen (secondary N) is 3. The number of halogens is 2. The second-order valence-electron chi connectivity index (χ2n) is 7.66. The van der Waals surface area contributed by atoms with Crippen molar-refractivity contribution in [2.45, 2.75) is 31.7 Å². The maximum absolute atomic E-state index is 14.1. The van der Waals surface area contributed by atoms with Crippen molar-refractivity contribution >= 4 is 29.3 Å². The van der Waals surface area contributed by atoms with E-state index in [1.54, 1.807) is 12.3 Å². The third-order valence-electron chi connectivity index (χ3n) is 5.03. The van der Waals surface area contributed by atoms with Gasteiger partial charge in [-0.2, -0.15) is 0 Å². The summed E-state index contributed by atoms with van der Waals surface area (Å²) in [4.78, 5) is 28.2. The van der Waals surface area contributed by atoms with Gasteiger partial charge in [-0.3, -0.25) is 0 Å². The molecule has 1 aliphatic rings. The average Bonchev–Trinajstić information content (AvgIpc) is 3.53. The van der Waals surface area contributed by atoms with Gasteiger partial charge in [-0.1, -0.05) is 11.6 Å². The largest absolute Gasteiger partial charge is 0.453 e. The van der Waals surface area contributed by atoms with Crippen LogP contribution in [0.3, 0.4) is 0 Å². The molecule has 1 amide bonds. The fourth-order valence-electron chi connectivity index (χ4n) is 3.24. The number of aromatic nitrogens is 4. The molecule has 1 saturated carbocycles. The highest BCUT2D eigenvalue weighted by Gasteiger charge is 2.29. The molecule has 0 aliphatic heterocycles. The highest BCUT2D eigenvalue weighted by molar-refractivity contribution is 6.35. The summed E-state index contributed by atoms with van der Waals surface area (Å²) in [5.41, 5.74) is 8.05. The number of benzene rings is 1. The standard InChI is InChI=1S/C21H23ClFN7O2/c1-10(27-21(31)32-2)9-26-20-25-6-5-15(28-20)18-17(29-19(30-18)11-3-4-11)13-7-12(23)8-14(24)16(13)22/h5-8,10-11H,3-4,9,24H2,1-2H3,(H,27,31)(H,29,30)(H,25,26,28)/t10-/m0/s1. The molecule has 5 N–H and O–H groups in total. The third kappa shape index (κ3) is 4.75. The van der Waals surface area contributed by atoms with Gasteiger partial charge in [0.2, 0.25) is 5.95 Å². The third-order valence-corrected chi connectivity index (χ3v) is 5.46. The van der Waals surface area contributed by atoms with Gasteiger partial charge in [0.15, 0.2) is 0 Å². The van der Waals surface area contributed by atoms with Crippen LogP contribution in [0.1, 0.15) is 31.5 Å². The molecule has 32 heavy (non-hydrogen) atoms. The van der Waals surface area contributed by atoms with Crippen molar-refractivity contribution in [1.82, 2.24) is 25.3 Å². The number of hydrogen-bond acceptors (Lipinski definition) is 7. The summed E-state index contributed by atoms with van der Waals surface area (Å²) in [6.07, 6.45) is 3.15. The molecule has 0 spiro atoms. The Hall–Kier alpha value is -3.40. The van der Waals surface area contributed by atoms with E-state index in [2.05, 4.69) is 30.3 Å². The van der Waals surface area contributed by atoms with Gasteiger partial charge in [-0.15, -0.1) is 0 Å². The lowest BCUT2D eigenvalue weighted by molar-refractivity contribution is 0.168. The van der Waals surface area contributed by atoms with E-state index >= 15 is 0 Å². The van der Waals surface area contributed by atoms with Gasteiger partial charge in [-0.05, 0) is 38.0 Å². The molecule has 1 aromatic carbocycles. The Morgan fingerprint density at radius 2 is 2.19 bits per heavy atom. The van der Waals surface area contributed by atoms with Crippen LogP contribution in [0.5, 0.6) is 0 Å². The number of carbonyl (C=O) groups excluding carboxylic acids is 1. The fraction of sp³-hybridized carbons (Fsp3) is 0.333. The number of imidazole rings is 1. The van der Waals surface area contributed by atoms with Crippen LogP contribution in [0.25, 0.3) is 22.6 Å². The van der Waals surface area contributed by atoms with Gasteiger partial charge in [0.25, 0.3) is 0 Å². The molecule has 1 atom stereocenters. The highest BCUT2D eigenvalue weighted by atomic mass is 35.5. The van der Waals surface area contributed by atoms with E-state index < -0.39 is 11.9 Å². The molecule has 9 nitrogen and oxygen atoms in total. The molecule has 2 heterocycles. The minimum Gasteiger partial charge on any atom is -0.453 e. The van der Waals surface area contributed by atoms with Crippen LogP contribution in [0.4, 0.5) is 20.8 Å². The molecule has 4 rings (SSSR count). The Kier molecular flexibility index (Phi) is 6.13. The number of alkyl carbamates (subject to hydrolysis) is 1. The number of nitrogens with zero attached hydrogens (tertiary/aromatic N) is 3. The van der Waals surface area contributed by atoms with E-state index in [0.717, 1.165) is 18.7 Å². The molecular weight excluding hydrogens is 437 g/mol. The summed E-state index contributed by atoms with van der Waals surface area (Å²) in [5, 5.41) is 5.97. The van der Waals surface area contributed by atoms with Crippen molar-refractivity contribution in [3.8, 4) is 22.6 Å². The number of nitrogens with two attached hydrogens (primary N) is 1. The predicted octanol–water partition coefficient (Wildman–Crippen LogP) is 3.94. The van der Waals surface area contributed by atoms with Crippen molar-refractivity contribution in [2.24, 2.45) is 0 Å². The molecule has 1 aliphatic carbocycles. The first-order chi connectivity index (χ1) is 15.4. The summed E-state index contributed by atoms with van der Waals surface area (Å²) in [5.74, 6) is 0.995. The average molecular weight is 460 g/mol. The summed E-state index contributed by atoms with van der Waals surface area (Å²) in [6, 6.07) is 4.00. The number of aromatic amines is 1. The smallest absolute Gasteiger partial charge is 0.407 e. The molecule has 0 saturated heterocycles. The van der Waals surface area contributed by atoms with Crippen LogP contribution < -0.4 is 16.4 Å². The van der Waals surface area contributed by atoms with Crippen molar-refractivity contribution in [3.63, 3.8) is 0 Å². The number of hydrogen-bond donors (Lipinski definition) is 4. The van der Waals surface area contributed by atoms with E-state index in [9.17, 15) is 9.18 Å². The first-order valence-corrected chi connectivity index (χ1v) is 10.5. The van der Waals surface area contributed by atoms with Gasteiger partial charge in [0, 0.05) is 30.3 Å². The number of H-pyrrole nitrogens is 1. The minimum absolute atomic E-state index is 0.140. The number of carbonyl (C=O) groups is 1. The molecule has 0 bridgehead atoms. The second kappa shape index (κ2) is 8.99. The van der Waals surface area contributed by atoms with Crippen LogP contribution in [0, 0.1) is 5.82 Å². The molecule has 0 unspecified atom stereocenters. The van der Waals surface area contributed by atoms with Crippen molar-refractivity contribution < 1.29 is 13.9 Å². The summed E-state index contributed by atoms with van der Waals surface area (Å²) in [7, 11) is 1.30. The zero-order valence-electron chi connectivity index (χ0n) is 17.6.